The molecule has 2 aliphatic heterocycles. The molecule has 10 nitrogen and oxygen atoms in total. The van der Waals surface area contributed by atoms with E-state index in [4.69, 9.17) is 27.9 Å². The molecule has 2 aliphatic carbocycles. The number of hydrogen-bond donors (Lipinski definition) is 1. The number of anilines is 1. The number of alkyl halides is 2. The van der Waals surface area contributed by atoms with E-state index in [0.29, 0.717) is 10.5 Å². The van der Waals surface area contributed by atoms with Crippen LogP contribution in [0.5, 0.6) is 11.5 Å². The van der Waals surface area contributed by atoms with Gasteiger partial charge in [-0.05, 0) is 55.2 Å². The van der Waals surface area contributed by atoms with Crippen molar-refractivity contribution in [3.8, 4) is 11.5 Å². The van der Waals surface area contributed by atoms with E-state index in [-0.39, 0.29) is 35.6 Å². The Kier molecular flexibility index (Phi) is 6.39. The molecule has 4 aliphatic rings. The van der Waals surface area contributed by atoms with Crippen molar-refractivity contribution in [2.45, 2.75) is 28.5 Å². The molecule has 2 aromatic rings. The van der Waals surface area contributed by atoms with Crippen molar-refractivity contribution in [1.82, 2.24) is 4.90 Å². The van der Waals surface area contributed by atoms with Crippen molar-refractivity contribution < 1.29 is 42.9 Å². The molecule has 2 saturated heterocycles. The highest BCUT2D eigenvalue weighted by Gasteiger charge is 2.77. The van der Waals surface area contributed by atoms with Crippen LogP contribution < -0.4 is 9.64 Å². The molecule has 2 aromatic carbocycles. The van der Waals surface area contributed by atoms with Crippen LogP contribution in [0.25, 0.3) is 0 Å². The summed E-state index contributed by atoms with van der Waals surface area (Å²) in [5.41, 5.74) is 0.457. The van der Waals surface area contributed by atoms with Crippen LogP contribution in [0.1, 0.15) is 24.3 Å². The highest BCUT2D eigenvalue weighted by Crippen LogP contribution is 2.67. The summed E-state index contributed by atoms with van der Waals surface area (Å²) in [6, 6.07) is 9.00. The predicted octanol–water partition coefficient (Wildman–Crippen LogP) is 3.87. The number of benzene rings is 2. The topological polar surface area (TPSA) is 131 Å². The van der Waals surface area contributed by atoms with Gasteiger partial charge in [-0.25, -0.2) is 14.1 Å². The fourth-order valence-corrected chi connectivity index (χ4v) is 7.91. The lowest BCUT2D eigenvalue weighted by atomic mass is 9.56. The van der Waals surface area contributed by atoms with Gasteiger partial charge >= 0.3 is 6.09 Å². The minimum absolute atomic E-state index is 0.00699. The first kappa shape index (κ1) is 28.2. The van der Waals surface area contributed by atoms with Gasteiger partial charge in [-0.15, -0.1) is 23.2 Å². The molecule has 0 radical (unpaired) electrons. The third-order valence-corrected chi connectivity index (χ3v) is 10.2. The Labute approximate surface area is 248 Å². The Morgan fingerprint density at radius 3 is 2.33 bits per heavy atom. The molecule has 2 heterocycles. The lowest BCUT2D eigenvalue weighted by Crippen LogP contribution is -2.60. The Morgan fingerprint density at radius 1 is 1.00 bits per heavy atom. The molecule has 13 heteroatoms. The zero-order chi connectivity index (χ0) is 30.3. The van der Waals surface area contributed by atoms with Gasteiger partial charge in [0.2, 0.25) is 11.8 Å². The number of likely N-dealkylation sites (tertiary alicyclic amines) is 1. The van der Waals surface area contributed by atoms with Crippen LogP contribution in [0.2, 0.25) is 0 Å². The van der Waals surface area contributed by atoms with Crippen LogP contribution in [0.4, 0.5) is 14.9 Å². The fraction of sp³-hybridized carbons (Fsp3) is 0.345. The van der Waals surface area contributed by atoms with Crippen LogP contribution >= 0.6 is 23.2 Å². The fourth-order valence-electron chi connectivity index (χ4n) is 6.99. The number of amides is 5. The first-order valence-electron chi connectivity index (χ1n) is 13.0. The number of nitrogens with zero attached hydrogens (tertiary/aromatic N) is 2. The molecule has 6 unspecified atom stereocenters. The summed E-state index contributed by atoms with van der Waals surface area (Å²) in [4.78, 5) is 64.4. The molecule has 6 atom stereocenters. The second-order valence-corrected chi connectivity index (χ2v) is 11.9. The molecule has 218 valence electrons. The lowest BCUT2D eigenvalue weighted by Gasteiger charge is -2.50. The van der Waals surface area contributed by atoms with Crippen molar-refractivity contribution in [1.29, 1.82) is 0 Å². The second kappa shape index (κ2) is 9.53. The maximum Gasteiger partial charge on any atom is 0.423 e. The van der Waals surface area contributed by atoms with Crippen LogP contribution in [0.3, 0.4) is 0 Å². The number of rotatable bonds is 3. The number of fused-ring (bicyclic) bond motifs is 4. The molecule has 0 bridgehead atoms. The number of halogens is 3. The van der Waals surface area contributed by atoms with E-state index in [0.717, 1.165) is 24.1 Å². The molecule has 5 amide bonds. The van der Waals surface area contributed by atoms with Crippen molar-refractivity contribution in [3.05, 3.63) is 65.5 Å². The van der Waals surface area contributed by atoms with Crippen LogP contribution in [-0.4, -0.2) is 63.7 Å². The number of ether oxygens (including phenoxy) is 2. The standard InChI is InChI=1S/C29H23Cl2FN2O8/c1-41-19-5-3-4-18(35)21(19)22-15-10-11-16-20(24(37)34(23(16)36)27(40)42-2)17(15)12-28(30)25(38)33(26(39)29(22,28)31)14-8-6-13(32)7-9-14/h3-10,16-17,20,22,35H,11-12H2,1-2H3. The number of phenols is 1. The van der Waals surface area contributed by atoms with Crippen molar-refractivity contribution in [2.75, 3.05) is 19.1 Å². The smallest absolute Gasteiger partial charge is 0.423 e. The molecule has 0 aromatic heterocycles. The number of allylic oxidation sites excluding steroid dienone is 2. The second-order valence-electron chi connectivity index (χ2n) is 10.6. The van der Waals surface area contributed by atoms with Gasteiger partial charge in [-0.2, -0.15) is 4.90 Å². The number of methoxy groups -OCH3 is 2. The first-order chi connectivity index (χ1) is 19.9. The normalized spacial score (nSPS) is 31.9. The zero-order valence-electron chi connectivity index (χ0n) is 22.2. The average molecular weight is 617 g/mol. The van der Waals surface area contributed by atoms with E-state index in [1.54, 1.807) is 6.08 Å². The van der Waals surface area contributed by atoms with Crippen LogP contribution in [0, 0.1) is 23.6 Å². The Hall–Kier alpha value is -3.96. The van der Waals surface area contributed by atoms with Gasteiger partial charge in [0.15, 0.2) is 9.75 Å². The van der Waals surface area contributed by atoms with Gasteiger partial charge in [0.25, 0.3) is 11.8 Å². The maximum absolute atomic E-state index is 14.3. The van der Waals surface area contributed by atoms with E-state index < -0.39 is 69.0 Å². The van der Waals surface area contributed by atoms with E-state index >= 15 is 0 Å². The summed E-state index contributed by atoms with van der Waals surface area (Å²) in [7, 11) is 2.39. The van der Waals surface area contributed by atoms with Crippen molar-refractivity contribution in [3.63, 3.8) is 0 Å². The largest absolute Gasteiger partial charge is 0.508 e. The summed E-state index contributed by atoms with van der Waals surface area (Å²) < 4.78 is 23.9. The monoisotopic (exact) mass is 616 g/mol. The number of phenolic OH excluding ortho intramolecular Hbond substituents is 1. The zero-order valence-corrected chi connectivity index (χ0v) is 23.7. The predicted molar refractivity (Wildman–Crippen MR) is 146 cm³/mol. The van der Waals surface area contributed by atoms with E-state index in [1.807, 2.05) is 0 Å². The molecular formula is C29H23Cl2FN2O8. The van der Waals surface area contributed by atoms with Gasteiger partial charge < -0.3 is 14.6 Å². The van der Waals surface area contributed by atoms with Crippen molar-refractivity contribution in [2.24, 2.45) is 17.8 Å². The molecule has 1 saturated carbocycles. The van der Waals surface area contributed by atoms with Crippen LogP contribution in [0.15, 0.2) is 54.1 Å². The Bertz CT molecular complexity index is 1610. The minimum Gasteiger partial charge on any atom is -0.508 e. The number of carbonyl (C=O) groups excluding carboxylic acids is 5. The van der Waals surface area contributed by atoms with Gasteiger partial charge in [-0.1, -0.05) is 17.7 Å². The van der Waals surface area contributed by atoms with Gasteiger partial charge in [-0.3, -0.25) is 19.2 Å². The molecule has 42 heavy (non-hydrogen) atoms. The maximum atomic E-state index is 14.3. The van der Waals surface area contributed by atoms with Gasteiger partial charge in [0, 0.05) is 11.5 Å². The van der Waals surface area contributed by atoms with Crippen molar-refractivity contribution >= 4 is 58.6 Å². The van der Waals surface area contributed by atoms with Crippen LogP contribution in [-0.2, 0) is 23.9 Å². The number of hydrogen-bond acceptors (Lipinski definition) is 8. The summed E-state index contributed by atoms with van der Waals surface area (Å²) in [6.45, 7) is 0. The molecule has 0 spiro atoms. The summed E-state index contributed by atoms with van der Waals surface area (Å²) >= 11 is 14.5. The quantitative estimate of drug-likeness (QED) is 0.312. The molecule has 6 rings (SSSR count). The SMILES string of the molecule is COC(=O)N1C(=O)C2CC=C3C(CC4(Cl)C(=O)N(c5ccc(F)cc5)C(=O)C4(Cl)C3c3c(O)cccc3OC)C2C1=O. The summed E-state index contributed by atoms with van der Waals surface area (Å²) in [5, 5.41) is 11.1. The number of aromatic hydroxyl groups is 1. The average Bonchev–Trinajstić information content (AvgIpc) is 3.31. The van der Waals surface area contributed by atoms with E-state index in [1.165, 1.54) is 37.4 Å². The number of imide groups is 4. The summed E-state index contributed by atoms with van der Waals surface area (Å²) in [5.74, 6) is -8.55. The minimum atomic E-state index is -2.25. The van der Waals surface area contributed by atoms with E-state index in [9.17, 15) is 33.5 Å². The lowest BCUT2D eigenvalue weighted by molar-refractivity contribution is -0.138. The molecule has 1 N–H and O–H groups in total. The molecular weight excluding hydrogens is 594 g/mol. The third-order valence-electron chi connectivity index (χ3n) is 8.80. The highest BCUT2D eigenvalue weighted by atomic mass is 35.5. The Morgan fingerprint density at radius 2 is 1.69 bits per heavy atom. The number of carbonyl (C=O) groups is 5. The van der Waals surface area contributed by atoms with Gasteiger partial charge in [0.05, 0.1) is 31.7 Å². The Balaban J connectivity index is 1.59. The van der Waals surface area contributed by atoms with E-state index in [2.05, 4.69) is 4.74 Å². The highest BCUT2D eigenvalue weighted by molar-refractivity contribution is 6.58. The van der Waals surface area contributed by atoms with Gasteiger partial charge in [0.1, 0.15) is 17.3 Å². The first-order valence-corrected chi connectivity index (χ1v) is 13.7. The summed E-state index contributed by atoms with van der Waals surface area (Å²) in [6.07, 6.45) is 0.159. The third kappa shape index (κ3) is 3.46. The molecule has 3 fully saturated rings.